The van der Waals surface area contributed by atoms with E-state index in [1.807, 2.05) is 0 Å². The largest absolute Gasteiger partial charge is 0.373 e. The van der Waals surface area contributed by atoms with Crippen LogP contribution in [0.25, 0.3) is 0 Å². The van der Waals surface area contributed by atoms with E-state index in [4.69, 9.17) is 0 Å². The average Bonchev–Trinajstić information content (AvgIpc) is 2.26. The molecule has 0 radical (unpaired) electrons. The summed E-state index contributed by atoms with van der Waals surface area (Å²) < 4.78 is 1.18. The standard InChI is InChI=1S/C14H21BrN2/c1-16-10-14(8-5-9-14)11-17(2)13-7-4-3-6-12(13)15/h3-4,6-7,16H,5,8-11H2,1-2H3. The van der Waals surface area contributed by atoms with Gasteiger partial charge in [0.1, 0.15) is 0 Å². The summed E-state index contributed by atoms with van der Waals surface area (Å²) in [5.41, 5.74) is 1.77. The van der Waals surface area contributed by atoms with Gasteiger partial charge in [0, 0.05) is 30.0 Å². The summed E-state index contributed by atoms with van der Waals surface area (Å²) in [6.45, 7) is 2.26. The fourth-order valence-electron chi connectivity index (χ4n) is 2.79. The molecule has 0 amide bonds. The molecule has 1 aromatic rings. The molecule has 1 N–H and O–H groups in total. The van der Waals surface area contributed by atoms with Gasteiger partial charge in [-0.2, -0.15) is 0 Å². The van der Waals surface area contributed by atoms with E-state index in [1.54, 1.807) is 0 Å². The normalized spacial score (nSPS) is 17.6. The lowest BCUT2D eigenvalue weighted by Gasteiger charge is -2.45. The number of anilines is 1. The molecule has 0 spiro atoms. The average molecular weight is 297 g/mol. The van der Waals surface area contributed by atoms with Gasteiger partial charge in [0.15, 0.2) is 0 Å². The topological polar surface area (TPSA) is 15.3 Å². The number of halogens is 1. The van der Waals surface area contributed by atoms with Crippen molar-refractivity contribution in [2.24, 2.45) is 5.41 Å². The third kappa shape index (κ3) is 2.83. The molecule has 0 unspecified atom stereocenters. The van der Waals surface area contributed by atoms with Crippen LogP contribution in [0.15, 0.2) is 28.7 Å². The zero-order chi connectivity index (χ0) is 12.3. The fraction of sp³-hybridized carbons (Fsp3) is 0.571. The van der Waals surface area contributed by atoms with Crippen LogP contribution < -0.4 is 10.2 Å². The van der Waals surface area contributed by atoms with Gasteiger partial charge in [0.2, 0.25) is 0 Å². The summed E-state index contributed by atoms with van der Waals surface area (Å²) in [4.78, 5) is 2.38. The molecule has 0 bridgehead atoms. The van der Waals surface area contributed by atoms with Crippen molar-refractivity contribution >= 4 is 21.6 Å². The van der Waals surface area contributed by atoms with Crippen LogP contribution in [0.5, 0.6) is 0 Å². The summed E-state index contributed by atoms with van der Waals surface area (Å²) in [6.07, 6.45) is 4.08. The van der Waals surface area contributed by atoms with Crippen LogP contribution in [0.3, 0.4) is 0 Å². The molecule has 0 aliphatic heterocycles. The summed E-state index contributed by atoms with van der Waals surface area (Å²) >= 11 is 3.63. The molecule has 1 aliphatic carbocycles. The van der Waals surface area contributed by atoms with Crippen molar-refractivity contribution in [2.75, 3.05) is 32.1 Å². The van der Waals surface area contributed by atoms with Gasteiger partial charge in [-0.1, -0.05) is 18.6 Å². The number of nitrogens with zero attached hydrogens (tertiary/aromatic N) is 1. The molecule has 1 aromatic carbocycles. The molecule has 2 nitrogen and oxygen atoms in total. The van der Waals surface area contributed by atoms with Gasteiger partial charge in [-0.15, -0.1) is 0 Å². The molecule has 0 aromatic heterocycles. The predicted octanol–water partition coefficient (Wildman–Crippen LogP) is 3.28. The van der Waals surface area contributed by atoms with Gasteiger partial charge in [-0.25, -0.2) is 0 Å². The number of rotatable bonds is 5. The van der Waals surface area contributed by atoms with Crippen LogP contribution in [0.2, 0.25) is 0 Å². The number of nitrogens with one attached hydrogen (secondary N) is 1. The lowest BCUT2D eigenvalue weighted by molar-refractivity contribution is 0.143. The molecule has 2 rings (SSSR count). The predicted molar refractivity (Wildman–Crippen MR) is 77.6 cm³/mol. The molecule has 1 saturated carbocycles. The van der Waals surface area contributed by atoms with Gasteiger partial charge in [0.25, 0.3) is 0 Å². The second-order valence-electron chi connectivity index (χ2n) is 5.19. The van der Waals surface area contributed by atoms with Crippen molar-refractivity contribution in [1.82, 2.24) is 5.32 Å². The minimum atomic E-state index is 0.485. The first-order valence-electron chi connectivity index (χ1n) is 6.27. The Labute approximate surface area is 113 Å². The Kier molecular flexibility index (Phi) is 4.10. The first kappa shape index (κ1) is 12.9. The fourth-order valence-corrected chi connectivity index (χ4v) is 3.38. The zero-order valence-corrected chi connectivity index (χ0v) is 12.3. The highest BCUT2D eigenvalue weighted by atomic mass is 79.9. The number of para-hydroxylation sites is 1. The van der Waals surface area contributed by atoms with Crippen LogP contribution >= 0.6 is 15.9 Å². The highest BCUT2D eigenvalue weighted by molar-refractivity contribution is 9.10. The number of hydrogen-bond donors (Lipinski definition) is 1. The molecular formula is C14H21BrN2. The zero-order valence-electron chi connectivity index (χ0n) is 10.7. The molecule has 0 heterocycles. The van der Waals surface area contributed by atoms with Gasteiger partial charge >= 0.3 is 0 Å². The maximum absolute atomic E-state index is 3.63. The molecule has 0 saturated heterocycles. The van der Waals surface area contributed by atoms with Crippen molar-refractivity contribution in [1.29, 1.82) is 0 Å². The third-order valence-corrected chi connectivity index (χ3v) is 4.47. The quantitative estimate of drug-likeness (QED) is 0.897. The summed E-state index contributed by atoms with van der Waals surface area (Å²) in [5.74, 6) is 0. The maximum atomic E-state index is 3.63. The molecule has 94 valence electrons. The summed E-state index contributed by atoms with van der Waals surface area (Å²) in [7, 11) is 4.24. The van der Waals surface area contributed by atoms with Gasteiger partial charge < -0.3 is 10.2 Å². The van der Waals surface area contributed by atoms with Crippen LogP contribution in [0.1, 0.15) is 19.3 Å². The smallest absolute Gasteiger partial charge is 0.0508 e. The Morgan fingerprint density at radius 3 is 2.59 bits per heavy atom. The Balaban J connectivity index is 2.06. The van der Waals surface area contributed by atoms with Crippen molar-refractivity contribution in [3.05, 3.63) is 28.7 Å². The summed E-state index contributed by atoms with van der Waals surface area (Å²) in [6, 6.07) is 8.45. The maximum Gasteiger partial charge on any atom is 0.0508 e. The monoisotopic (exact) mass is 296 g/mol. The highest BCUT2D eigenvalue weighted by Crippen LogP contribution is 2.42. The van der Waals surface area contributed by atoms with Crippen molar-refractivity contribution in [3.63, 3.8) is 0 Å². The second-order valence-corrected chi connectivity index (χ2v) is 6.05. The highest BCUT2D eigenvalue weighted by Gasteiger charge is 2.37. The van der Waals surface area contributed by atoms with E-state index in [-0.39, 0.29) is 0 Å². The Hall–Kier alpha value is -0.540. The Bertz CT molecular complexity index is 374. The van der Waals surface area contributed by atoms with E-state index in [0.717, 1.165) is 13.1 Å². The minimum absolute atomic E-state index is 0.485. The van der Waals surface area contributed by atoms with E-state index in [0.29, 0.717) is 5.41 Å². The van der Waals surface area contributed by atoms with Gasteiger partial charge in [0.05, 0.1) is 5.69 Å². The number of benzene rings is 1. The van der Waals surface area contributed by atoms with Crippen molar-refractivity contribution in [2.45, 2.75) is 19.3 Å². The SMILES string of the molecule is CNCC1(CN(C)c2ccccc2Br)CCC1. The lowest BCUT2D eigenvalue weighted by atomic mass is 9.68. The second kappa shape index (κ2) is 5.40. The molecule has 17 heavy (non-hydrogen) atoms. The Morgan fingerprint density at radius 1 is 1.35 bits per heavy atom. The van der Waals surface area contributed by atoms with Crippen LogP contribution in [0.4, 0.5) is 5.69 Å². The number of hydrogen-bond acceptors (Lipinski definition) is 2. The molecule has 1 fully saturated rings. The molecule has 3 heteroatoms. The van der Waals surface area contributed by atoms with E-state index in [9.17, 15) is 0 Å². The van der Waals surface area contributed by atoms with Gasteiger partial charge in [-0.3, -0.25) is 0 Å². The molecule has 1 aliphatic rings. The van der Waals surface area contributed by atoms with Gasteiger partial charge in [-0.05, 0) is 48.0 Å². The van der Waals surface area contributed by atoms with E-state index >= 15 is 0 Å². The molecule has 0 atom stereocenters. The van der Waals surface area contributed by atoms with Crippen LogP contribution in [0, 0.1) is 5.41 Å². The Morgan fingerprint density at radius 2 is 2.06 bits per heavy atom. The van der Waals surface area contributed by atoms with Crippen LogP contribution in [-0.4, -0.2) is 27.2 Å². The van der Waals surface area contributed by atoms with Crippen LogP contribution in [-0.2, 0) is 0 Å². The van der Waals surface area contributed by atoms with Crippen molar-refractivity contribution in [3.8, 4) is 0 Å². The van der Waals surface area contributed by atoms with Crippen molar-refractivity contribution < 1.29 is 0 Å². The first-order chi connectivity index (χ1) is 8.17. The summed E-state index contributed by atoms with van der Waals surface area (Å²) in [5, 5.41) is 3.34. The van der Waals surface area contributed by atoms with E-state index < -0.39 is 0 Å². The first-order valence-corrected chi connectivity index (χ1v) is 7.06. The van der Waals surface area contributed by atoms with E-state index in [1.165, 1.54) is 29.4 Å². The third-order valence-electron chi connectivity index (χ3n) is 3.80. The molecular weight excluding hydrogens is 276 g/mol. The minimum Gasteiger partial charge on any atom is -0.373 e. The van der Waals surface area contributed by atoms with E-state index in [2.05, 4.69) is 64.5 Å². The lowest BCUT2D eigenvalue weighted by Crippen LogP contribution is -2.47.